The largest absolute Gasteiger partial charge is 0.480 e. The molecular weight excluding hydrogens is 204 g/mol. The predicted molar refractivity (Wildman–Crippen MR) is 62.1 cm³/mol. The molecule has 2 aromatic heterocycles. The number of rotatable bonds is 3. The van der Waals surface area contributed by atoms with Crippen LogP contribution in [0, 0.1) is 0 Å². The normalized spacial score (nSPS) is 10.4. The molecule has 0 unspecified atom stereocenters. The van der Waals surface area contributed by atoms with Crippen LogP contribution in [-0.4, -0.2) is 21.9 Å². The maximum Gasteiger partial charge on any atom is 0.236 e. The Morgan fingerprint density at radius 3 is 2.94 bits per heavy atom. The number of hydrogen-bond acceptors (Lipinski definition) is 4. The molecule has 5 nitrogen and oxygen atoms in total. The van der Waals surface area contributed by atoms with Gasteiger partial charge in [0.25, 0.3) is 0 Å². The number of nitrogen functional groups attached to an aromatic ring is 1. The summed E-state index contributed by atoms with van der Waals surface area (Å²) in [5.41, 5.74) is 8.29. The molecule has 0 aliphatic carbocycles. The molecule has 0 bridgehead atoms. The Balaban J connectivity index is 2.45. The van der Waals surface area contributed by atoms with Crippen molar-refractivity contribution >= 4 is 5.69 Å². The van der Waals surface area contributed by atoms with Crippen molar-refractivity contribution in [1.82, 2.24) is 14.8 Å². The van der Waals surface area contributed by atoms with Crippen LogP contribution >= 0.6 is 0 Å². The van der Waals surface area contributed by atoms with E-state index in [1.807, 2.05) is 23.7 Å². The predicted octanol–water partition coefficient (Wildman–Crippen LogP) is 1.56. The fraction of sp³-hybridized carbons (Fsp3) is 0.273. The van der Waals surface area contributed by atoms with E-state index in [2.05, 4.69) is 10.1 Å². The second-order valence-corrected chi connectivity index (χ2v) is 3.35. The van der Waals surface area contributed by atoms with Crippen molar-refractivity contribution in [2.45, 2.75) is 13.5 Å². The van der Waals surface area contributed by atoms with Gasteiger partial charge in [-0.1, -0.05) is 0 Å². The minimum atomic E-state index is 0.450. The summed E-state index contributed by atoms with van der Waals surface area (Å²) in [5, 5.41) is 4.20. The lowest BCUT2D eigenvalue weighted by Gasteiger charge is -2.07. The number of ether oxygens (including phenoxy) is 1. The van der Waals surface area contributed by atoms with Gasteiger partial charge >= 0.3 is 0 Å². The summed E-state index contributed by atoms with van der Waals surface area (Å²) in [5.74, 6) is 0.450. The summed E-state index contributed by atoms with van der Waals surface area (Å²) in [7, 11) is 1.55. The molecule has 0 aliphatic heterocycles. The average molecular weight is 218 g/mol. The summed E-state index contributed by atoms with van der Waals surface area (Å²) in [4.78, 5) is 4.14. The van der Waals surface area contributed by atoms with Crippen LogP contribution in [0.25, 0.3) is 11.3 Å². The Morgan fingerprint density at radius 1 is 1.50 bits per heavy atom. The zero-order valence-electron chi connectivity index (χ0n) is 9.34. The third-order valence-electron chi connectivity index (χ3n) is 2.38. The van der Waals surface area contributed by atoms with Crippen LogP contribution in [0.3, 0.4) is 0 Å². The number of hydrogen-bond donors (Lipinski definition) is 1. The summed E-state index contributed by atoms with van der Waals surface area (Å²) in [6.45, 7) is 2.85. The van der Waals surface area contributed by atoms with E-state index in [1.54, 1.807) is 19.5 Å². The first-order valence-electron chi connectivity index (χ1n) is 5.08. The van der Waals surface area contributed by atoms with Crippen LogP contribution in [0.1, 0.15) is 6.92 Å². The van der Waals surface area contributed by atoms with Crippen LogP contribution < -0.4 is 10.5 Å². The van der Waals surface area contributed by atoms with Crippen molar-refractivity contribution in [2.75, 3.05) is 12.8 Å². The first kappa shape index (κ1) is 10.5. The minimum Gasteiger partial charge on any atom is -0.480 e. The van der Waals surface area contributed by atoms with Gasteiger partial charge in [0.15, 0.2) is 0 Å². The van der Waals surface area contributed by atoms with Gasteiger partial charge in [-0.15, -0.1) is 0 Å². The maximum absolute atomic E-state index is 5.81. The third-order valence-corrected chi connectivity index (χ3v) is 2.38. The fourth-order valence-corrected chi connectivity index (χ4v) is 1.61. The second kappa shape index (κ2) is 4.22. The molecule has 0 spiro atoms. The number of methoxy groups -OCH3 is 1. The number of aryl methyl sites for hydroxylation is 1. The summed E-state index contributed by atoms with van der Waals surface area (Å²) in [6, 6.07) is 3.78. The molecule has 0 saturated carbocycles. The summed E-state index contributed by atoms with van der Waals surface area (Å²) < 4.78 is 6.91. The maximum atomic E-state index is 5.81. The van der Waals surface area contributed by atoms with Crippen LogP contribution in [-0.2, 0) is 6.54 Å². The van der Waals surface area contributed by atoms with Gasteiger partial charge in [-0.2, -0.15) is 5.10 Å². The number of nitrogens with two attached hydrogens (primary N) is 1. The van der Waals surface area contributed by atoms with E-state index in [0.29, 0.717) is 11.6 Å². The van der Waals surface area contributed by atoms with Crippen molar-refractivity contribution in [2.24, 2.45) is 0 Å². The van der Waals surface area contributed by atoms with Gasteiger partial charge in [0, 0.05) is 24.5 Å². The van der Waals surface area contributed by atoms with Crippen molar-refractivity contribution in [3.63, 3.8) is 0 Å². The highest BCUT2D eigenvalue weighted by Crippen LogP contribution is 2.25. The molecule has 0 amide bonds. The Morgan fingerprint density at radius 2 is 2.31 bits per heavy atom. The summed E-state index contributed by atoms with van der Waals surface area (Å²) in [6.07, 6.45) is 3.50. The van der Waals surface area contributed by atoms with Gasteiger partial charge in [-0.25, -0.2) is 4.98 Å². The molecule has 2 rings (SSSR count). The second-order valence-electron chi connectivity index (χ2n) is 3.35. The van der Waals surface area contributed by atoms with Crippen molar-refractivity contribution in [3.05, 3.63) is 24.5 Å². The van der Waals surface area contributed by atoms with Crippen molar-refractivity contribution in [3.8, 4) is 17.1 Å². The van der Waals surface area contributed by atoms with Gasteiger partial charge in [0.05, 0.1) is 18.5 Å². The highest BCUT2D eigenvalue weighted by atomic mass is 16.5. The van der Waals surface area contributed by atoms with E-state index in [1.165, 1.54) is 0 Å². The molecule has 0 radical (unpaired) electrons. The van der Waals surface area contributed by atoms with E-state index in [0.717, 1.165) is 17.8 Å². The molecular formula is C11H14N4O. The van der Waals surface area contributed by atoms with E-state index in [9.17, 15) is 0 Å². The molecule has 2 heterocycles. The van der Waals surface area contributed by atoms with E-state index < -0.39 is 0 Å². The molecule has 0 saturated heterocycles. The number of pyridine rings is 1. The molecule has 0 aromatic carbocycles. The monoisotopic (exact) mass is 218 g/mol. The Kier molecular flexibility index (Phi) is 2.76. The molecule has 0 atom stereocenters. The van der Waals surface area contributed by atoms with E-state index in [-0.39, 0.29) is 0 Å². The van der Waals surface area contributed by atoms with Crippen LogP contribution in [0.4, 0.5) is 5.69 Å². The molecule has 2 aromatic rings. The summed E-state index contributed by atoms with van der Waals surface area (Å²) >= 11 is 0. The quantitative estimate of drug-likeness (QED) is 0.848. The molecule has 0 fully saturated rings. The van der Waals surface area contributed by atoms with Gasteiger partial charge < -0.3 is 10.5 Å². The van der Waals surface area contributed by atoms with Gasteiger partial charge in [0.1, 0.15) is 0 Å². The standard InChI is InChI=1S/C11H14N4O/c1-3-15-10(4-5-14-15)8-6-9(12)11(16-2)13-7-8/h4-7H,3,12H2,1-2H3. The zero-order valence-corrected chi connectivity index (χ0v) is 9.34. The average Bonchev–Trinajstić information content (AvgIpc) is 2.77. The van der Waals surface area contributed by atoms with Gasteiger partial charge in [-0.3, -0.25) is 4.68 Å². The molecule has 84 valence electrons. The van der Waals surface area contributed by atoms with Crippen LogP contribution in [0.5, 0.6) is 5.88 Å². The highest BCUT2D eigenvalue weighted by Gasteiger charge is 2.07. The molecule has 16 heavy (non-hydrogen) atoms. The third kappa shape index (κ3) is 1.71. The Bertz CT molecular complexity index is 492. The van der Waals surface area contributed by atoms with Crippen molar-refractivity contribution < 1.29 is 4.74 Å². The molecule has 5 heteroatoms. The van der Waals surface area contributed by atoms with Crippen LogP contribution in [0.15, 0.2) is 24.5 Å². The minimum absolute atomic E-state index is 0.450. The lowest BCUT2D eigenvalue weighted by Crippen LogP contribution is -2.00. The number of aromatic nitrogens is 3. The fourth-order valence-electron chi connectivity index (χ4n) is 1.61. The van der Waals surface area contributed by atoms with E-state index in [4.69, 9.17) is 10.5 Å². The molecule has 2 N–H and O–H groups in total. The number of nitrogens with zero attached hydrogens (tertiary/aromatic N) is 3. The lowest BCUT2D eigenvalue weighted by molar-refractivity contribution is 0.400. The topological polar surface area (TPSA) is 66.0 Å². The van der Waals surface area contributed by atoms with E-state index >= 15 is 0 Å². The number of anilines is 1. The lowest BCUT2D eigenvalue weighted by atomic mass is 10.2. The van der Waals surface area contributed by atoms with Crippen molar-refractivity contribution in [1.29, 1.82) is 0 Å². The smallest absolute Gasteiger partial charge is 0.236 e. The van der Waals surface area contributed by atoms with Gasteiger partial charge in [-0.05, 0) is 19.1 Å². The SMILES string of the molecule is CCn1nccc1-c1cnc(OC)c(N)c1. The Labute approximate surface area is 93.9 Å². The van der Waals surface area contributed by atoms with Crippen LogP contribution in [0.2, 0.25) is 0 Å². The first-order chi connectivity index (χ1) is 7.76. The van der Waals surface area contributed by atoms with Gasteiger partial charge in [0.2, 0.25) is 5.88 Å². The Hall–Kier alpha value is -2.04. The first-order valence-corrected chi connectivity index (χ1v) is 5.08. The highest BCUT2D eigenvalue weighted by molar-refractivity contribution is 5.65. The zero-order chi connectivity index (χ0) is 11.5. The molecule has 0 aliphatic rings.